The molecular formula is C11H16N6O3S2. The predicted molar refractivity (Wildman–Crippen MR) is 83.5 cm³/mol. The minimum absolute atomic E-state index is 0.172. The van der Waals surface area contributed by atoms with Crippen LogP contribution >= 0.6 is 23.1 Å². The first-order chi connectivity index (χ1) is 10.6. The van der Waals surface area contributed by atoms with E-state index in [2.05, 4.69) is 20.5 Å². The molecule has 0 bridgehead atoms. The van der Waals surface area contributed by atoms with Crippen LogP contribution in [0, 0.1) is 10.1 Å². The molecule has 2 heterocycles. The molecule has 2 aromatic heterocycles. The van der Waals surface area contributed by atoms with Crippen molar-refractivity contribution in [2.75, 3.05) is 25.1 Å². The SMILES string of the molecule is CCOCCCNc1nnc(Sc2c([N+](=O)[O-])ncn2C)s1. The number of imidazole rings is 1. The second-order valence-corrected chi connectivity index (χ2v) is 6.41. The van der Waals surface area contributed by atoms with Gasteiger partial charge in [0.1, 0.15) is 0 Å². The molecule has 0 fully saturated rings. The summed E-state index contributed by atoms with van der Waals surface area (Å²) in [5.41, 5.74) is 0. The van der Waals surface area contributed by atoms with Gasteiger partial charge in [-0.25, -0.2) is 0 Å². The molecule has 120 valence electrons. The molecule has 1 N–H and O–H groups in total. The van der Waals surface area contributed by atoms with E-state index in [4.69, 9.17) is 4.74 Å². The van der Waals surface area contributed by atoms with E-state index in [9.17, 15) is 10.1 Å². The molecular weight excluding hydrogens is 328 g/mol. The number of nitrogens with zero attached hydrogens (tertiary/aromatic N) is 5. The maximum Gasteiger partial charge on any atom is 0.396 e. The summed E-state index contributed by atoms with van der Waals surface area (Å²) in [6, 6.07) is 0. The van der Waals surface area contributed by atoms with Crippen molar-refractivity contribution in [3.05, 3.63) is 16.4 Å². The molecule has 2 aromatic rings. The quantitative estimate of drug-likeness (QED) is 0.419. The van der Waals surface area contributed by atoms with E-state index in [1.54, 1.807) is 11.6 Å². The Morgan fingerprint density at radius 3 is 3.09 bits per heavy atom. The van der Waals surface area contributed by atoms with Gasteiger partial charge in [0.15, 0.2) is 9.37 Å². The Kier molecular flexibility index (Phi) is 6.10. The molecule has 0 amide bonds. The van der Waals surface area contributed by atoms with Gasteiger partial charge in [-0.1, -0.05) is 11.3 Å². The van der Waals surface area contributed by atoms with Crippen LogP contribution in [0.5, 0.6) is 0 Å². The third-order valence-electron chi connectivity index (χ3n) is 2.57. The van der Waals surface area contributed by atoms with Crippen molar-refractivity contribution in [2.45, 2.75) is 22.7 Å². The summed E-state index contributed by atoms with van der Waals surface area (Å²) < 4.78 is 7.47. The van der Waals surface area contributed by atoms with Gasteiger partial charge in [0.25, 0.3) is 0 Å². The van der Waals surface area contributed by atoms with Gasteiger partial charge in [0.2, 0.25) is 11.5 Å². The van der Waals surface area contributed by atoms with Crippen molar-refractivity contribution < 1.29 is 9.66 Å². The Morgan fingerprint density at radius 1 is 1.55 bits per heavy atom. The van der Waals surface area contributed by atoms with Gasteiger partial charge in [-0.3, -0.25) is 0 Å². The largest absolute Gasteiger partial charge is 0.396 e. The summed E-state index contributed by atoms with van der Waals surface area (Å²) in [6.07, 6.45) is 2.29. The molecule has 0 saturated heterocycles. The lowest BCUT2D eigenvalue weighted by atomic mass is 10.4. The number of aromatic nitrogens is 4. The topological polar surface area (TPSA) is 108 Å². The zero-order valence-electron chi connectivity index (χ0n) is 12.2. The van der Waals surface area contributed by atoms with Gasteiger partial charge < -0.3 is 24.7 Å². The van der Waals surface area contributed by atoms with Crippen LogP contribution in [-0.2, 0) is 11.8 Å². The van der Waals surface area contributed by atoms with E-state index in [0.29, 0.717) is 27.7 Å². The van der Waals surface area contributed by atoms with Crippen molar-refractivity contribution in [2.24, 2.45) is 7.05 Å². The molecule has 22 heavy (non-hydrogen) atoms. The van der Waals surface area contributed by atoms with Crippen LogP contribution in [0.2, 0.25) is 0 Å². The highest BCUT2D eigenvalue weighted by Gasteiger charge is 2.22. The molecule has 11 heteroatoms. The van der Waals surface area contributed by atoms with Crippen molar-refractivity contribution in [3.63, 3.8) is 0 Å². The number of anilines is 1. The molecule has 0 aliphatic heterocycles. The lowest BCUT2D eigenvalue weighted by Crippen LogP contribution is -2.05. The summed E-state index contributed by atoms with van der Waals surface area (Å²) in [4.78, 5) is 14.2. The predicted octanol–water partition coefficient (Wildman–Crippen LogP) is 2.17. The van der Waals surface area contributed by atoms with Crippen LogP contribution in [0.4, 0.5) is 10.9 Å². The van der Waals surface area contributed by atoms with Gasteiger partial charge in [-0.05, 0) is 35.0 Å². The highest BCUT2D eigenvalue weighted by molar-refractivity contribution is 8.01. The molecule has 0 saturated carbocycles. The third kappa shape index (κ3) is 4.39. The van der Waals surface area contributed by atoms with E-state index in [1.165, 1.54) is 29.4 Å². The van der Waals surface area contributed by atoms with Crippen LogP contribution in [0.3, 0.4) is 0 Å². The first-order valence-corrected chi connectivity index (χ1v) is 8.23. The van der Waals surface area contributed by atoms with E-state index < -0.39 is 4.92 Å². The Hall–Kier alpha value is -1.72. The monoisotopic (exact) mass is 344 g/mol. The molecule has 0 spiro atoms. The normalized spacial score (nSPS) is 10.8. The molecule has 0 aromatic carbocycles. The number of aryl methyl sites for hydroxylation is 1. The summed E-state index contributed by atoms with van der Waals surface area (Å²) in [5, 5.41) is 23.2. The van der Waals surface area contributed by atoms with E-state index in [1.807, 2.05) is 6.92 Å². The number of rotatable bonds is 9. The number of nitrogens with one attached hydrogen (secondary N) is 1. The average Bonchev–Trinajstić information content (AvgIpc) is 3.07. The second kappa shape index (κ2) is 8.06. The first-order valence-electron chi connectivity index (χ1n) is 6.60. The van der Waals surface area contributed by atoms with Crippen LogP contribution in [0.25, 0.3) is 0 Å². The number of ether oxygens (including phenoxy) is 1. The fraction of sp³-hybridized carbons (Fsp3) is 0.545. The molecule has 0 radical (unpaired) electrons. The first kappa shape index (κ1) is 16.6. The summed E-state index contributed by atoms with van der Waals surface area (Å²) >= 11 is 2.53. The Balaban J connectivity index is 1.92. The smallest absolute Gasteiger partial charge is 0.382 e. The van der Waals surface area contributed by atoms with Crippen LogP contribution in [0.1, 0.15) is 13.3 Å². The molecule has 0 aliphatic rings. The Morgan fingerprint density at radius 2 is 2.36 bits per heavy atom. The van der Waals surface area contributed by atoms with Crippen LogP contribution < -0.4 is 5.32 Å². The summed E-state index contributed by atoms with van der Waals surface area (Å²) in [7, 11) is 1.70. The molecule has 0 atom stereocenters. The molecule has 9 nitrogen and oxygen atoms in total. The molecule has 0 unspecified atom stereocenters. The maximum atomic E-state index is 10.9. The Bertz CT molecular complexity index is 629. The Labute approximate surface area is 135 Å². The van der Waals surface area contributed by atoms with E-state index in [0.717, 1.165) is 13.0 Å². The van der Waals surface area contributed by atoms with Crippen LogP contribution in [0.15, 0.2) is 15.7 Å². The van der Waals surface area contributed by atoms with E-state index >= 15 is 0 Å². The lowest BCUT2D eigenvalue weighted by Gasteiger charge is -2.01. The van der Waals surface area contributed by atoms with Crippen molar-refractivity contribution in [1.82, 2.24) is 19.7 Å². The molecule has 0 aliphatic carbocycles. The fourth-order valence-electron chi connectivity index (χ4n) is 1.57. The van der Waals surface area contributed by atoms with Gasteiger partial charge in [0.05, 0.1) is 0 Å². The fourth-order valence-corrected chi connectivity index (χ4v) is 3.37. The second-order valence-electron chi connectivity index (χ2n) is 4.19. The zero-order valence-corrected chi connectivity index (χ0v) is 13.8. The van der Waals surface area contributed by atoms with Gasteiger partial charge in [-0.15, -0.1) is 10.2 Å². The standard InChI is InChI=1S/C11H16N6O3S2/c1-3-20-6-4-5-12-10-14-15-11(22-10)21-9-8(17(18)19)13-7-16(9)2/h7H,3-6H2,1-2H3,(H,12,14). The highest BCUT2D eigenvalue weighted by Crippen LogP contribution is 2.36. The number of nitro groups is 1. The van der Waals surface area contributed by atoms with Gasteiger partial charge in [0, 0.05) is 26.8 Å². The maximum absolute atomic E-state index is 10.9. The van der Waals surface area contributed by atoms with E-state index in [-0.39, 0.29) is 5.82 Å². The highest BCUT2D eigenvalue weighted by atomic mass is 32.2. The summed E-state index contributed by atoms with van der Waals surface area (Å²) in [5.74, 6) is -0.172. The third-order valence-corrected chi connectivity index (χ3v) is 4.67. The average molecular weight is 344 g/mol. The van der Waals surface area contributed by atoms with Crippen LogP contribution in [-0.4, -0.2) is 44.4 Å². The van der Waals surface area contributed by atoms with Gasteiger partial charge >= 0.3 is 5.82 Å². The van der Waals surface area contributed by atoms with Crippen molar-refractivity contribution in [3.8, 4) is 0 Å². The summed E-state index contributed by atoms with van der Waals surface area (Å²) in [6.45, 7) is 4.11. The van der Waals surface area contributed by atoms with Crippen molar-refractivity contribution in [1.29, 1.82) is 0 Å². The number of hydrogen-bond donors (Lipinski definition) is 1. The minimum Gasteiger partial charge on any atom is -0.382 e. The zero-order chi connectivity index (χ0) is 15.9. The number of hydrogen-bond acceptors (Lipinski definition) is 9. The lowest BCUT2D eigenvalue weighted by molar-refractivity contribution is -0.392. The minimum atomic E-state index is -0.504. The molecule has 2 rings (SSSR count). The van der Waals surface area contributed by atoms with Gasteiger partial charge in [-0.2, -0.15) is 0 Å². The van der Waals surface area contributed by atoms with Crippen molar-refractivity contribution >= 4 is 34.0 Å².